The molecule has 2 aromatic carbocycles. The van der Waals surface area contributed by atoms with Crippen molar-refractivity contribution in [3.63, 3.8) is 0 Å². The molecule has 3 rings (SSSR count). The van der Waals surface area contributed by atoms with Crippen molar-refractivity contribution in [2.75, 3.05) is 14.2 Å². The fourth-order valence-corrected chi connectivity index (χ4v) is 4.59. The van der Waals surface area contributed by atoms with Gasteiger partial charge in [-0.1, -0.05) is 12.1 Å². The molecule has 1 aromatic heterocycles. The van der Waals surface area contributed by atoms with Crippen LogP contribution >= 0.6 is 0 Å². The van der Waals surface area contributed by atoms with E-state index in [9.17, 15) is 13.2 Å². The topological polar surface area (TPSA) is 99.5 Å². The van der Waals surface area contributed by atoms with E-state index in [-0.39, 0.29) is 10.5 Å². The zero-order valence-corrected chi connectivity index (χ0v) is 17.9. The summed E-state index contributed by atoms with van der Waals surface area (Å²) >= 11 is 0. The van der Waals surface area contributed by atoms with Crippen molar-refractivity contribution in [1.29, 1.82) is 0 Å². The predicted octanol–water partition coefficient (Wildman–Crippen LogP) is 3.02. The SMILES string of the molecule is COC(=O)c1ccccc1S(=O)(=O)NC(C)c1cnn(-c2ccc(OC)cc2)c1C. The molecule has 0 saturated heterocycles. The molecule has 1 unspecified atom stereocenters. The maximum absolute atomic E-state index is 13.0. The molecule has 0 amide bonds. The first kappa shape index (κ1) is 21.5. The molecule has 0 bridgehead atoms. The van der Waals surface area contributed by atoms with Gasteiger partial charge >= 0.3 is 5.97 Å². The van der Waals surface area contributed by atoms with E-state index < -0.39 is 22.0 Å². The van der Waals surface area contributed by atoms with Crippen LogP contribution in [0.3, 0.4) is 0 Å². The highest BCUT2D eigenvalue weighted by atomic mass is 32.2. The molecule has 0 radical (unpaired) electrons. The van der Waals surface area contributed by atoms with Gasteiger partial charge in [0, 0.05) is 17.3 Å². The van der Waals surface area contributed by atoms with Crippen LogP contribution in [0.4, 0.5) is 0 Å². The van der Waals surface area contributed by atoms with Crippen molar-refractivity contribution in [1.82, 2.24) is 14.5 Å². The highest BCUT2D eigenvalue weighted by Crippen LogP contribution is 2.24. The fraction of sp³-hybridized carbons (Fsp3) is 0.238. The summed E-state index contributed by atoms with van der Waals surface area (Å²) in [6, 6.07) is 12.7. The van der Waals surface area contributed by atoms with Crippen molar-refractivity contribution in [3.8, 4) is 11.4 Å². The van der Waals surface area contributed by atoms with Crippen LogP contribution in [-0.4, -0.2) is 38.4 Å². The zero-order chi connectivity index (χ0) is 21.9. The molecule has 1 heterocycles. The lowest BCUT2D eigenvalue weighted by molar-refractivity contribution is 0.0596. The second-order valence-electron chi connectivity index (χ2n) is 6.63. The fourth-order valence-electron chi connectivity index (χ4n) is 3.17. The molecular weight excluding hydrogens is 406 g/mol. The first-order valence-electron chi connectivity index (χ1n) is 9.17. The van der Waals surface area contributed by atoms with Crippen LogP contribution < -0.4 is 9.46 Å². The minimum Gasteiger partial charge on any atom is -0.497 e. The lowest BCUT2D eigenvalue weighted by Crippen LogP contribution is -2.28. The molecule has 0 saturated carbocycles. The monoisotopic (exact) mass is 429 g/mol. The van der Waals surface area contributed by atoms with Gasteiger partial charge in [0.2, 0.25) is 10.0 Å². The van der Waals surface area contributed by atoms with E-state index in [4.69, 9.17) is 9.47 Å². The van der Waals surface area contributed by atoms with Gasteiger partial charge in [-0.2, -0.15) is 5.10 Å². The van der Waals surface area contributed by atoms with Gasteiger partial charge in [0.1, 0.15) is 5.75 Å². The number of hydrogen-bond acceptors (Lipinski definition) is 6. The number of sulfonamides is 1. The van der Waals surface area contributed by atoms with Crippen LogP contribution in [0.25, 0.3) is 5.69 Å². The van der Waals surface area contributed by atoms with Crippen molar-refractivity contribution in [3.05, 3.63) is 71.5 Å². The van der Waals surface area contributed by atoms with Crippen LogP contribution in [0, 0.1) is 6.92 Å². The molecule has 1 atom stereocenters. The summed E-state index contributed by atoms with van der Waals surface area (Å²) in [5, 5.41) is 4.39. The smallest absolute Gasteiger partial charge is 0.339 e. The first-order valence-corrected chi connectivity index (χ1v) is 10.7. The highest BCUT2D eigenvalue weighted by molar-refractivity contribution is 7.89. The largest absolute Gasteiger partial charge is 0.497 e. The molecule has 9 heteroatoms. The van der Waals surface area contributed by atoms with Crippen molar-refractivity contribution in [2.45, 2.75) is 24.8 Å². The quantitative estimate of drug-likeness (QED) is 0.580. The summed E-state index contributed by atoms with van der Waals surface area (Å²) in [5.74, 6) is 0.0151. The Morgan fingerprint density at radius 2 is 1.77 bits per heavy atom. The Morgan fingerprint density at radius 1 is 1.10 bits per heavy atom. The summed E-state index contributed by atoms with van der Waals surface area (Å²) in [6.07, 6.45) is 1.62. The third-order valence-corrected chi connectivity index (χ3v) is 6.34. The van der Waals surface area contributed by atoms with Crippen molar-refractivity contribution < 1.29 is 22.7 Å². The van der Waals surface area contributed by atoms with Gasteiger partial charge in [-0.25, -0.2) is 22.6 Å². The van der Waals surface area contributed by atoms with Gasteiger partial charge in [0.15, 0.2) is 0 Å². The third-order valence-electron chi connectivity index (χ3n) is 4.75. The van der Waals surface area contributed by atoms with E-state index in [1.165, 1.54) is 19.2 Å². The number of carbonyl (C=O) groups is 1. The number of nitrogens with one attached hydrogen (secondary N) is 1. The minimum absolute atomic E-state index is 0.0228. The minimum atomic E-state index is -3.98. The number of esters is 1. The standard InChI is InChI=1S/C21H23N3O5S/c1-14(23-30(26,27)20-8-6-5-7-18(20)21(25)29-4)19-13-22-24(15(19)2)16-9-11-17(28-3)12-10-16/h5-14,23H,1-4H3. The van der Waals surface area contributed by atoms with Crippen LogP contribution in [0.15, 0.2) is 59.6 Å². The molecule has 1 N–H and O–H groups in total. The number of aromatic nitrogens is 2. The number of nitrogens with zero attached hydrogens (tertiary/aromatic N) is 2. The number of benzene rings is 2. The maximum Gasteiger partial charge on any atom is 0.339 e. The lowest BCUT2D eigenvalue weighted by Gasteiger charge is -2.16. The highest BCUT2D eigenvalue weighted by Gasteiger charge is 2.26. The number of rotatable bonds is 7. The lowest BCUT2D eigenvalue weighted by atomic mass is 10.1. The average Bonchev–Trinajstić information content (AvgIpc) is 3.14. The molecule has 0 spiro atoms. The summed E-state index contributed by atoms with van der Waals surface area (Å²) < 4.78 is 40.1. The van der Waals surface area contributed by atoms with Gasteiger partial charge in [-0.15, -0.1) is 0 Å². The first-order chi connectivity index (χ1) is 14.3. The van der Waals surface area contributed by atoms with Gasteiger partial charge in [-0.3, -0.25) is 0 Å². The molecule has 0 fully saturated rings. The van der Waals surface area contributed by atoms with E-state index in [1.807, 2.05) is 31.2 Å². The normalized spacial score (nSPS) is 12.4. The number of carbonyl (C=O) groups excluding carboxylic acids is 1. The number of hydrogen-bond donors (Lipinski definition) is 1. The Hall–Kier alpha value is -3.17. The second-order valence-corrected chi connectivity index (χ2v) is 8.31. The van der Waals surface area contributed by atoms with Crippen LogP contribution in [0.5, 0.6) is 5.75 Å². The molecule has 0 aliphatic carbocycles. The molecule has 158 valence electrons. The van der Waals surface area contributed by atoms with E-state index in [0.717, 1.165) is 17.1 Å². The number of methoxy groups -OCH3 is 2. The van der Waals surface area contributed by atoms with E-state index >= 15 is 0 Å². The molecular formula is C21H23N3O5S. The van der Waals surface area contributed by atoms with Crippen LogP contribution in [-0.2, 0) is 14.8 Å². The van der Waals surface area contributed by atoms with Crippen LogP contribution in [0.2, 0.25) is 0 Å². The summed E-state index contributed by atoms with van der Waals surface area (Å²) in [6.45, 7) is 3.58. The molecule has 3 aromatic rings. The van der Waals surface area contributed by atoms with Gasteiger partial charge in [-0.05, 0) is 50.2 Å². The summed E-state index contributed by atoms with van der Waals surface area (Å²) in [4.78, 5) is 11.8. The zero-order valence-electron chi connectivity index (χ0n) is 17.1. The van der Waals surface area contributed by atoms with Crippen molar-refractivity contribution in [2.24, 2.45) is 0 Å². The number of ether oxygens (including phenoxy) is 2. The van der Waals surface area contributed by atoms with Crippen LogP contribution in [0.1, 0.15) is 34.6 Å². The van der Waals surface area contributed by atoms with E-state index in [2.05, 4.69) is 9.82 Å². The van der Waals surface area contributed by atoms with Gasteiger partial charge in [0.05, 0.1) is 36.6 Å². The Balaban J connectivity index is 1.89. The maximum atomic E-state index is 13.0. The van der Waals surface area contributed by atoms with Crippen molar-refractivity contribution >= 4 is 16.0 Å². The van der Waals surface area contributed by atoms with Gasteiger partial charge in [0.25, 0.3) is 0 Å². The Labute approximate surface area is 175 Å². The molecule has 30 heavy (non-hydrogen) atoms. The summed E-state index contributed by atoms with van der Waals surface area (Å²) in [5.41, 5.74) is 2.30. The molecule has 0 aliphatic heterocycles. The Morgan fingerprint density at radius 3 is 2.40 bits per heavy atom. The molecule has 8 nitrogen and oxygen atoms in total. The predicted molar refractivity (Wildman–Crippen MR) is 111 cm³/mol. The molecule has 0 aliphatic rings. The summed E-state index contributed by atoms with van der Waals surface area (Å²) in [7, 11) is -1.18. The average molecular weight is 429 g/mol. The van der Waals surface area contributed by atoms with E-state index in [1.54, 1.807) is 37.0 Å². The Kier molecular flexibility index (Phi) is 6.23. The van der Waals surface area contributed by atoms with Gasteiger partial charge < -0.3 is 9.47 Å². The second kappa shape index (κ2) is 8.68. The third kappa shape index (κ3) is 4.22. The van der Waals surface area contributed by atoms with E-state index in [0.29, 0.717) is 5.56 Å². The Bertz CT molecular complexity index is 1150.